The van der Waals surface area contributed by atoms with Gasteiger partial charge in [-0.2, -0.15) is 5.10 Å². The molecule has 5 nitrogen and oxygen atoms in total. The van der Waals surface area contributed by atoms with Crippen molar-refractivity contribution < 1.29 is 9.90 Å². The first kappa shape index (κ1) is 14.5. The van der Waals surface area contributed by atoms with Gasteiger partial charge in [0, 0.05) is 17.5 Å². The van der Waals surface area contributed by atoms with E-state index in [-0.39, 0.29) is 18.4 Å². The van der Waals surface area contributed by atoms with E-state index in [1.54, 1.807) is 6.07 Å². The number of carboxylic acids is 1. The second-order valence-electron chi connectivity index (χ2n) is 5.69. The highest BCUT2D eigenvalue weighted by Gasteiger charge is 2.12. The lowest BCUT2D eigenvalue weighted by Gasteiger charge is -2.16. The van der Waals surface area contributed by atoms with E-state index in [0.29, 0.717) is 11.3 Å². The molecule has 0 bridgehead atoms. The molecular formula is C17H18N2O3. The van der Waals surface area contributed by atoms with Crippen LogP contribution >= 0.6 is 0 Å². The summed E-state index contributed by atoms with van der Waals surface area (Å²) in [5.41, 5.74) is 4.55. The normalized spacial score (nSPS) is 13.6. The number of carboxylic acid groups (broad SMARTS) is 1. The highest BCUT2D eigenvalue weighted by molar-refractivity contribution is 5.67. The van der Waals surface area contributed by atoms with E-state index >= 15 is 0 Å². The summed E-state index contributed by atoms with van der Waals surface area (Å²) >= 11 is 0. The Bertz CT molecular complexity index is 765. The molecule has 22 heavy (non-hydrogen) atoms. The van der Waals surface area contributed by atoms with E-state index in [1.807, 2.05) is 6.07 Å². The molecular weight excluding hydrogens is 280 g/mol. The van der Waals surface area contributed by atoms with Crippen LogP contribution in [0.25, 0.3) is 11.3 Å². The maximum absolute atomic E-state index is 11.7. The van der Waals surface area contributed by atoms with Gasteiger partial charge in [-0.05, 0) is 55.4 Å². The molecule has 1 heterocycles. The number of aromatic nitrogens is 2. The number of nitrogens with one attached hydrogen (secondary N) is 1. The molecule has 0 saturated carbocycles. The fraction of sp³-hybridized carbons (Fsp3) is 0.353. The number of aliphatic carboxylic acids is 1. The zero-order chi connectivity index (χ0) is 15.5. The molecule has 0 amide bonds. The van der Waals surface area contributed by atoms with Crippen LogP contribution < -0.4 is 5.56 Å². The summed E-state index contributed by atoms with van der Waals surface area (Å²) in [6.45, 7) is 0. The number of aromatic amines is 1. The van der Waals surface area contributed by atoms with Gasteiger partial charge < -0.3 is 5.11 Å². The van der Waals surface area contributed by atoms with Crippen molar-refractivity contribution in [2.45, 2.75) is 38.5 Å². The summed E-state index contributed by atoms with van der Waals surface area (Å²) in [5, 5.41) is 15.3. The molecule has 0 spiro atoms. The zero-order valence-corrected chi connectivity index (χ0v) is 12.3. The van der Waals surface area contributed by atoms with E-state index in [9.17, 15) is 9.59 Å². The van der Waals surface area contributed by atoms with E-state index < -0.39 is 5.97 Å². The molecule has 0 aliphatic heterocycles. The van der Waals surface area contributed by atoms with Crippen LogP contribution in [-0.4, -0.2) is 21.3 Å². The Morgan fingerprint density at radius 1 is 1.18 bits per heavy atom. The van der Waals surface area contributed by atoms with Crippen LogP contribution in [-0.2, 0) is 24.1 Å². The quantitative estimate of drug-likeness (QED) is 0.907. The summed E-state index contributed by atoms with van der Waals surface area (Å²) in [6.07, 6.45) is 4.81. The Labute approximate surface area is 128 Å². The van der Waals surface area contributed by atoms with Gasteiger partial charge in [0.15, 0.2) is 0 Å². The van der Waals surface area contributed by atoms with Gasteiger partial charge in [-0.3, -0.25) is 9.59 Å². The number of hydrogen-bond acceptors (Lipinski definition) is 3. The first-order chi connectivity index (χ1) is 10.6. The maximum Gasteiger partial charge on any atom is 0.303 e. The van der Waals surface area contributed by atoms with Crippen LogP contribution in [0, 0.1) is 0 Å². The Morgan fingerprint density at radius 2 is 1.95 bits per heavy atom. The largest absolute Gasteiger partial charge is 0.481 e. The van der Waals surface area contributed by atoms with Gasteiger partial charge in [-0.15, -0.1) is 0 Å². The van der Waals surface area contributed by atoms with Crippen LogP contribution in [0.1, 0.15) is 36.0 Å². The fourth-order valence-electron chi connectivity index (χ4n) is 2.91. The number of carbonyl (C=O) groups is 1. The topological polar surface area (TPSA) is 83.0 Å². The Kier molecular flexibility index (Phi) is 4.04. The van der Waals surface area contributed by atoms with E-state index in [4.69, 9.17) is 5.11 Å². The lowest BCUT2D eigenvalue weighted by molar-refractivity contribution is -0.136. The summed E-state index contributed by atoms with van der Waals surface area (Å²) in [7, 11) is 0. The van der Waals surface area contributed by atoms with Crippen molar-refractivity contribution in [3.05, 3.63) is 51.3 Å². The van der Waals surface area contributed by atoms with Crippen molar-refractivity contribution in [2.75, 3.05) is 0 Å². The second-order valence-corrected chi connectivity index (χ2v) is 5.69. The summed E-state index contributed by atoms with van der Waals surface area (Å²) in [4.78, 5) is 22.4. The van der Waals surface area contributed by atoms with Crippen LogP contribution in [0.15, 0.2) is 29.1 Å². The Hall–Kier alpha value is -2.43. The van der Waals surface area contributed by atoms with E-state index in [2.05, 4.69) is 22.3 Å². The van der Waals surface area contributed by atoms with Crippen molar-refractivity contribution in [3.63, 3.8) is 0 Å². The minimum Gasteiger partial charge on any atom is -0.481 e. The molecule has 1 aromatic carbocycles. The molecule has 0 atom stereocenters. The van der Waals surface area contributed by atoms with Crippen LogP contribution in [0.2, 0.25) is 0 Å². The molecule has 0 radical (unpaired) electrons. The zero-order valence-electron chi connectivity index (χ0n) is 12.3. The summed E-state index contributed by atoms with van der Waals surface area (Å²) in [6, 6.07) is 7.99. The van der Waals surface area contributed by atoms with Gasteiger partial charge in [0.1, 0.15) is 0 Å². The number of H-pyrrole nitrogens is 1. The lowest BCUT2D eigenvalue weighted by atomic mass is 9.90. The molecule has 2 N–H and O–H groups in total. The number of aryl methyl sites for hydroxylation is 3. The highest BCUT2D eigenvalue weighted by atomic mass is 16.4. The van der Waals surface area contributed by atoms with Crippen molar-refractivity contribution in [2.24, 2.45) is 0 Å². The van der Waals surface area contributed by atoms with Gasteiger partial charge in [0.25, 0.3) is 5.56 Å². The van der Waals surface area contributed by atoms with Gasteiger partial charge in [0.05, 0.1) is 5.69 Å². The minimum atomic E-state index is -0.911. The molecule has 2 aromatic rings. The van der Waals surface area contributed by atoms with Gasteiger partial charge in [0.2, 0.25) is 0 Å². The summed E-state index contributed by atoms with van der Waals surface area (Å²) in [5.74, 6) is -0.911. The van der Waals surface area contributed by atoms with Crippen molar-refractivity contribution >= 4 is 5.97 Å². The monoisotopic (exact) mass is 298 g/mol. The van der Waals surface area contributed by atoms with Crippen LogP contribution in [0.3, 0.4) is 0 Å². The Morgan fingerprint density at radius 3 is 2.73 bits per heavy atom. The molecule has 0 fully saturated rings. The van der Waals surface area contributed by atoms with Crippen molar-refractivity contribution in [1.82, 2.24) is 10.2 Å². The van der Waals surface area contributed by atoms with E-state index in [1.165, 1.54) is 24.0 Å². The third kappa shape index (κ3) is 3.08. The number of nitrogens with zero attached hydrogens (tertiary/aromatic N) is 1. The predicted octanol–water partition coefficient (Wildman–Crippen LogP) is 2.33. The molecule has 1 aliphatic carbocycles. The Balaban J connectivity index is 1.93. The average Bonchev–Trinajstić information content (AvgIpc) is 2.53. The lowest BCUT2D eigenvalue weighted by Crippen LogP contribution is -2.15. The SMILES string of the molecule is O=C(O)CCc1cc(-c2ccc3c(c2)CCCC3)n[nH]c1=O. The van der Waals surface area contributed by atoms with E-state index in [0.717, 1.165) is 18.4 Å². The third-order valence-electron chi connectivity index (χ3n) is 4.13. The molecule has 0 unspecified atom stereocenters. The van der Waals surface area contributed by atoms with Crippen molar-refractivity contribution in [3.8, 4) is 11.3 Å². The standard InChI is InChI=1S/C17H18N2O3/c20-16(21)8-7-14-10-15(18-19-17(14)22)13-6-5-11-3-1-2-4-12(11)9-13/h5-6,9-10H,1-4,7-8H2,(H,19,22)(H,20,21). The third-order valence-corrected chi connectivity index (χ3v) is 4.13. The van der Waals surface area contributed by atoms with Gasteiger partial charge in [-0.1, -0.05) is 12.1 Å². The average molecular weight is 298 g/mol. The molecule has 1 aromatic heterocycles. The number of hydrogen-bond donors (Lipinski definition) is 2. The smallest absolute Gasteiger partial charge is 0.303 e. The molecule has 1 aliphatic rings. The first-order valence-corrected chi connectivity index (χ1v) is 7.56. The minimum absolute atomic E-state index is 0.0588. The first-order valence-electron chi connectivity index (χ1n) is 7.56. The maximum atomic E-state index is 11.7. The van der Waals surface area contributed by atoms with Crippen molar-refractivity contribution in [1.29, 1.82) is 0 Å². The molecule has 5 heteroatoms. The number of rotatable bonds is 4. The van der Waals surface area contributed by atoms with Gasteiger partial charge in [-0.25, -0.2) is 5.10 Å². The number of benzene rings is 1. The summed E-state index contributed by atoms with van der Waals surface area (Å²) < 4.78 is 0. The predicted molar refractivity (Wildman–Crippen MR) is 82.9 cm³/mol. The second kappa shape index (κ2) is 6.13. The molecule has 3 rings (SSSR count). The number of fused-ring (bicyclic) bond motifs is 1. The molecule has 114 valence electrons. The fourth-order valence-corrected chi connectivity index (χ4v) is 2.91. The van der Waals surface area contributed by atoms with Gasteiger partial charge >= 0.3 is 5.97 Å². The molecule has 0 saturated heterocycles. The van der Waals surface area contributed by atoms with Crippen LogP contribution in [0.4, 0.5) is 0 Å². The highest BCUT2D eigenvalue weighted by Crippen LogP contribution is 2.26. The van der Waals surface area contributed by atoms with Crippen LogP contribution in [0.5, 0.6) is 0 Å².